The normalized spacial score (nSPS) is 20.9. The van der Waals surface area contributed by atoms with E-state index in [9.17, 15) is 4.39 Å². The van der Waals surface area contributed by atoms with Gasteiger partial charge in [0.25, 0.3) is 0 Å². The summed E-state index contributed by atoms with van der Waals surface area (Å²) in [5.74, 6) is 0.805. The van der Waals surface area contributed by atoms with Crippen LogP contribution in [0.4, 0.5) is 10.1 Å². The van der Waals surface area contributed by atoms with Gasteiger partial charge < -0.3 is 14.1 Å². The predicted octanol–water partition coefficient (Wildman–Crippen LogP) is 3.03. The van der Waals surface area contributed by atoms with Gasteiger partial charge in [0.15, 0.2) is 0 Å². The Labute approximate surface area is 138 Å². The Morgan fingerprint density at radius 2 is 2.17 bits per heavy atom. The molecule has 1 saturated heterocycles. The van der Waals surface area contributed by atoms with Crippen LogP contribution >= 0.6 is 0 Å². The van der Waals surface area contributed by atoms with Crippen LogP contribution in [0.3, 0.4) is 0 Å². The molecule has 2 aromatic heterocycles. The molecule has 4 rings (SSSR count). The van der Waals surface area contributed by atoms with Gasteiger partial charge in [-0.1, -0.05) is 0 Å². The van der Waals surface area contributed by atoms with Crippen molar-refractivity contribution >= 4 is 16.6 Å². The summed E-state index contributed by atoms with van der Waals surface area (Å²) in [5.41, 5.74) is 1.58. The number of hydrogen-bond donors (Lipinski definition) is 0. The molecular formula is C17H17FN4O2. The zero-order valence-corrected chi connectivity index (χ0v) is 13.4. The van der Waals surface area contributed by atoms with Gasteiger partial charge in [-0.3, -0.25) is 4.98 Å². The minimum absolute atomic E-state index is 0.0610. The molecule has 1 fully saturated rings. The Balaban J connectivity index is 1.81. The summed E-state index contributed by atoms with van der Waals surface area (Å²) >= 11 is 0. The zero-order chi connectivity index (χ0) is 16.7. The van der Waals surface area contributed by atoms with Crippen molar-refractivity contribution in [1.29, 1.82) is 0 Å². The van der Waals surface area contributed by atoms with Gasteiger partial charge in [-0.15, -0.1) is 10.2 Å². The van der Waals surface area contributed by atoms with E-state index < -0.39 is 0 Å². The highest BCUT2D eigenvalue weighted by atomic mass is 19.1. The number of aromatic nitrogens is 3. The second-order valence-electron chi connectivity index (χ2n) is 5.91. The zero-order valence-electron chi connectivity index (χ0n) is 13.4. The number of aryl methyl sites for hydroxylation is 1. The van der Waals surface area contributed by atoms with Gasteiger partial charge in [0.1, 0.15) is 11.9 Å². The highest BCUT2D eigenvalue weighted by Gasteiger charge is 2.37. The van der Waals surface area contributed by atoms with Crippen molar-refractivity contribution in [3.05, 3.63) is 48.1 Å². The average molecular weight is 328 g/mol. The van der Waals surface area contributed by atoms with Gasteiger partial charge in [0.2, 0.25) is 11.8 Å². The highest BCUT2D eigenvalue weighted by Crippen LogP contribution is 2.39. The lowest BCUT2D eigenvalue weighted by atomic mass is 10.1. The predicted molar refractivity (Wildman–Crippen MR) is 86.2 cm³/mol. The third-order valence-corrected chi connectivity index (χ3v) is 4.41. The van der Waals surface area contributed by atoms with Crippen molar-refractivity contribution in [3.8, 4) is 0 Å². The summed E-state index contributed by atoms with van der Waals surface area (Å²) in [6.45, 7) is 2.47. The fourth-order valence-electron chi connectivity index (χ4n) is 3.27. The number of halogens is 1. The molecule has 0 saturated carbocycles. The Bertz CT molecular complexity index is 882. The molecule has 0 N–H and O–H groups in total. The minimum Gasteiger partial charge on any atom is -0.423 e. The molecule has 3 aromatic rings. The number of fused-ring (bicyclic) bond motifs is 1. The quantitative estimate of drug-likeness (QED) is 0.736. The van der Waals surface area contributed by atoms with E-state index in [1.807, 2.05) is 6.07 Å². The number of pyridine rings is 1. The molecule has 0 spiro atoms. The van der Waals surface area contributed by atoms with Crippen LogP contribution in [0.2, 0.25) is 0 Å². The van der Waals surface area contributed by atoms with E-state index in [4.69, 9.17) is 9.15 Å². The van der Waals surface area contributed by atoms with Crippen molar-refractivity contribution in [2.24, 2.45) is 0 Å². The fourth-order valence-corrected chi connectivity index (χ4v) is 3.27. The summed E-state index contributed by atoms with van der Waals surface area (Å²) in [5, 5.41) is 9.00. The first-order valence-corrected chi connectivity index (χ1v) is 7.79. The third kappa shape index (κ3) is 2.50. The molecule has 0 aliphatic carbocycles. The number of benzene rings is 1. The molecule has 1 aliphatic heterocycles. The van der Waals surface area contributed by atoms with E-state index >= 15 is 0 Å². The van der Waals surface area contributed by atoms with Crippen LogP contribution in [0, 0.1) is 12.7 Å². The summed E-state index contributed by atoms with van der Waals surface area (Å²) in [6.07, 6.45) is 2.50. The summed E-state index contributed by atoms with van der Waals surface area (Å²) in [4.78, 5) is 6.44. The standard InChI is InChI=1S/C17H17FN4O2/c1-10-20-21-17(24-10)16-8-12(23-2)9-22(16)15-5-6-19-14-7-11(18)3-4-13(14)15/h3-7,12,16H,8-9H2,1-2H3/t12-,16-/m1/s1. The third-order valence-electron chi connectivity index (χ3n) is 4.41. The van der Waals surface area contributed by atoms with Crippen LogP contribution in [0.25, 0.3) is 10.9 Å². The van der Waals surface area contributed by atoms with Crippen molar-refractivity contribution in [3.63, 3.8) is 0 Å². The van der Waals surface area contributed by atoms with E-state index in [1.54, 1.807) is 26.3 Å². The average Bonchev–Trinajstić information content (AvgIpc) is 3.19. The number of methoxy groups -OCH3 is 1. The van der Waals surface area contributed by atoms with Crippen molar-refractivity contribution < 1.29 is 13.5 Å². The van der Waals surface area contributed by atoms with Gasteiger partial charge in [-0.25, -0.2) is 4.39 Å². The van der Waals surface area contributed by atoms with Gasteiger partial charge in [0, 0.05) is 50.3 Å². The smallest absolute Gasteiger partial charge is 0.238 e. The van der Waals surface area contributed by atoms with Crippen LogP contribution in [-0.2, 0) is 4.74 Å². The number of rotatable bonds is 3. The maximum atomic E-state index is 13.5. The Morgan fingerprint density at radius 3 is 2.92 bits per heavy atom. The topological polar surface area (TPSA) is 64.3 Å². The Hall–Kier alpha value is -2.54. The molecule has 1 aromatic carbocycles. The molecule has 1 aliphatic rings. The first-order chi connectivity index (χ1) is 11.7. The van der Waals surface area contributed by atoms with E-state index in [0.29, 0.717) is 23.8 Å². The molecular weight excluding hydrogens is 311 g/mol. The van der Waals surface area contributed by atoms with Gasteiger partial charge in [-0.05, 0) is 18.2 Å². The monoisotopic (exact) mass is 328 g/mol. The molecule has 0 unspecified atom stereocenters. The molecule has 0 radical (unpaired) electrons. The summed E-state index contributed by atoms with van der Waals surface area (Å²) in [7, 11) is 1.70. The van der Waals surface area contributed by atoms with Crippen LogP contribution in [-0.4, -0.2) is 34.9 Å². The van der Waals surface area contributed by atoms with Crippen LogP contribution in [0.1, 0.15) is 24.2 Å². The molecule has 124 valence electrons. The number of ether oxygens (including phenoxy) is 1. The maximum absolute atomic E-state index is 13.5. The van der Waals surface area contributed by atoms with Crippen LogP contribution < -0.4 is 4.90 Å². The Kier molecular flexibility index (Phi) is 3.65. The molecule has 3 heterocycles. The maximum Gasteiger partial charge on any atom is 0.238 e. The number of anilines is 1. The Morgan fingerprint density at radius 1 is 1.29 bits per heavy atom. The van der Waals surface area contributed by atoms with E-state index in [0.717, 1.165) is 17.5 Å². The van der Waals surface area contributed by atoms with E-state index in [1.165, 1.54) is 12.1 Å². The van der Waals surface area contributed by atoms with Crippen LogP contribution in [0.15, 0.2) is 34.9 Å². The largest absolute Gasteiger partial charge is 0.423 e. The lowest BCUT2D eigenvalue weighted by Gasteiger charge is -2.25. The first-order valence-electron chi connectivity index (χ1n) is 7.79. The molecule has 24 heavy (non-hydrogen) atoms. The van der Waals surface area contributed by atoms with E-state index in [2.05, 4.69) is 20.1 Å². The second-order valence-corrected chi connectivity index (χ2v) is 5.91. The van der Waals surface area contributed by atoms with Crippen molar-refractivity contribution in [1.82, 2.24) is 15.2 Å². The van der Waals surface area contributed by atoms with Crippen molar-refractivity contribution in [2.45, 2.75) is 25.5 Å². The van der Waals surface area contributed by atoms with Crippen LogP contribution in [0.5, 0.6) is 0 Å². The number of nitrogens with zero attached hydrogens (tertiary/aromatic N) is 4. The SMILES string of the molecule is CO[C@@H]1C[C@H](c2nnc(C)o2)N(c2ccnc3cc(F)ccc23)C1. The highest BCUT2D eigenvalue weighted by molar-refractivity contribution is 5.91. The summed E-state index contributed by atoms with van der Waals surface area (Å²) in [6, 6.07) is 6.49. The summed E-state index contributed by atoms with van der Waals surface area (Å²) < 4.78 is 24.7. The van der Waals surface area contributed by atoms with Gasteiger partial charge in [0.05, 0.1) is 11.6 Å². The lowest BCUT2D eigenvalue weighted by Crippen LogP contribution is -2.25. The molecule has 2 atom stereocenters. The minimum atomic E-state index is -0.299. The van der Waals surface area contributed by atoms with Crippen molar-refractivity contribution in [2.75, 3.05) is 18.6 Å². The lowest BCUT2D eigenvalue weighted by molar-refractivity contribution is 0.117. The van der Waals surface area contributed by atoms with E-state index in [-0.39, 0.29) is 18.0 Å². The fraction of sp³-hybridized carbons (Fsp3) is 0.353. The molecule has 0 amide bonds. The van der Waals surface area contributed by atoms with Gasteiger partial charge in [-0.2, -0.15) is 0 Å². The molecule has 0 bridgehead atoms. The molecule has 6 nitrogen and oxygen atoms in total. The second kappa shape index (κ2) is 5.83. The molecule has 7 heteroatoms. The first kappa shape index (κ1) is 15.0. The van der Waals surface area contributed by atoms with Gasteiger partial charge >= 0.3 is 0 Å². The number of hydrogen-bond acceptors (Lipinski definition) is 6.